The van der Waals surface area contributed by atoms with Crippen molar-refractivity contribution in [2.45, 2.75) is 6.42 Å². The minimum absolute atomic E-state index is 0.293. The third-order valence-corrected chi connectivity index (χ3v) is 3.26. The van der Waals surface area contributed by atoms with Crippen LogP contribution in [0.15, 0.2) is 42.9 Å². The lowest BCUT2D eigenvalue weighted by Crippen LogP contribution is -2.20. The van der Waals surface area contributed by atoms with Crippen molar-refractivity contribution in [1.29, 1.82) is 0 Å². The van der Waals surface area contributed by atoms with Gasteiger partial charge in [0.25, 0.3) is 0 Å². The Morgan fingerprint density at radius 1 is 1.25 bits per heavy atom. The lowest BCUT2D eigenvalue weighted by Gasteiger charge is -2.19. The summed E-state index contributed by atoms with van der Waals surface area (Å²) in [7, 11) is 2.06. The number of hydrogen-bond donors (Lipinski definition) is 1. The first-order chi connectivity index (χ1) is 9.72. The summed E-state index contributed by atoms with van der Waals surface area (Å²) in [5.41, 5.74) is 8.72. The summed E-state index contributed by atoms with van der Waals surface area (Å²) < 4.78 is 1.68. The van der Waals surface area contributed by atoms with E-state index >= 15 is 0 Å². The average molecular weight is 268 g/mol. The topological polar surface area (TPSA) is 72.3 Å². The molecule has 0 saturated carbocycles. The Balaban J connectivity index is 1.73. The Morgan fingerprint density at radius 2 is 2.05 bits per heavy atom. The average Bonchev–Trinajstić information content (AvgIpc) is 2.85. The van der Waals surface area contributed by atoms with E-state index in [1.807, 2.05) is 42.9 Å². The lowest BCUT2D eigenvalue weighted by atomic mass is 10.2. The molecule has 6 nitrogen and oxygen atoms in total. The molecular weight excluding hydrogens is 252 g/mol. The highest BCUT2D eigenvalue weighted by Crippen LogP contribution is 2.15. The molecule has 3 aromatic rings. The Morgan fingerprint density at radius 3 is 2.85 bits per heavy atom. The summed E-state index contributed by atoms with van der Waals surface area (Å²) in [4.78, 5) is 10.4. The van der Waals surface area contributed by atoms with E-state index in [4.69, 9.17) is 5.73 Å². The van der Waals surface area contributed by atoms with E-state index in [1.54, 1.807) is 4.52 Å². The van der Waals surface area contributed by atoms with Gasteiger partial charge in [-0.2, -0.15) is 4.98 Å². The van der Waals surface area contributed by atoms with Gasteiger partial charge < -0.3 is 10.6 Å². The maximum Gasteiger partial charge on any atom is 0.240 e. The Bertz CT molecular complexity index is 706. The molecule has 0 amide bonds. The summed E-state index contributed by atoms with van der Waals surface area (Å²) in [5, 5.41) is 4.07. The first kappa shape index (κ1) is 12.4. The molecule has 0 spiro atoms. The van der Waals surface area contributed by atoms with Crippen LogP contribution in [0.3, 0.4) is 0 Å². The highest BCUT2D eigenvalue weighted by Gasteiger charge is 2.05. The van der Waals surface area contributed by atoms with Crippen molar-refractivity contribution in [2.24, 2.45) is 0 Å². The number of nitrogens with two attached hydrogens (primary N) is 1. The van der Waals surface area contributed by atoms with E-state index in [9.17, 15) is 0 Å². The highest BCUT2D eigenvalue weighted by atomic mass is 15.3. The van der Waals surface area contributed by atoms with Gasteiger partial charge in [-0.3, -0.25) is 4.98 Å². The van der Waals surface area contributed by atoms with Crippen molar-refractivity contribution in [2.75, 3.05) is 24.2 Å². The number of pyridine rings is 2. The van der Waals surface area contributed by atoms with Crippen LogP contribution in [0.1, 0.15) is 5.56 Å². The van der Waals surface area contributed by atoms with Gasteiger partial charge in [0.2, 0.25) is 5.95 Å². The van der Waals surface area contributed by atoms with Crippen molar-refractivity contribution in [1.82, 2.24) is 19.6 Å². The molecule has 0 bridgehead atoms. The van der Waals surface area contributed by atoms with Crippen LogP contribution in [0.2, 0.25) is 0 Å². The number of rotatable bonds is 4. The SMILES string of the molecule is CN(CCc1ccncc1)c1ccn2nc(N)nc2c1. The van der Waals surface area contributed by atoms with Gasteiger partial charge >= 0.3 is 0 Å². The molecule has 0 unspecified atom stereocenters. The van der Waals surface area contributed by atoms with Crippen LogP contribution in [0.25, 0.3) is 5.65 Å². The van der Waals surface area contributed by atoms with Crippen molar-refractivity contribution in [3.63, 3.8) is 0 Å². The summed E-state index contributed by atoms with van der Waals surface area (Å²) in [6, 6.07) is 8.07. The van der Waals surface area contributed by atoms with Crippen LogP contribution in [0.5, 0.6) is 0 Å². The van der Waals surface area contributed by atoms with Gasteiger partial charge in [-0.1, -0.05) is 0 Å². The Hall–Kier alpha value is -2.63. The van der Waals surface area contributed by atoms with Gasteiger partial charge in [0.15, 0.2) is 5.65 Å². The van der Waals surface area contributed by atoms with Crippen LogP contribution < -0.4 is 10.6 Å². The van der Waals surface area contributed by atoms with E-state index in [0.29, 0.717) is 5.95 Å². The zero-order chi connectivity index (χ0) is 13.9. The molecule has 20 heavy (non-hydrogen) atoms. The molecule has 3 rings (SSSR count). The number of nitrogen functional groups attached to an aromatic ring is 1. The minimum atomic E-state index is 0.293. The number of nitrogens with zero attached hydrogens (tertiary/aromatic N) is 5. The molecule has 0 aliphatic carbocycles. The number of aromatic nitrogens is 4. The minimum Gasteiger partial charge on any atom is -0.374 e. The quantitative estimate of drug-likeness (QED) is 0.774. The first-order valence-electron chi connectivity index (χ1n) is 6.44. The van der Waals surface area contributed by atoms with Gasteiger partial charge in [-0.05, 0) is 30.2 Å². The summed E-state index contributed by atoms with van der Waals surface area (Å²) in [6.07, 6.45) is 6.48. The summed E-state index contributed by atoms with van der Waals surface area (Å²) in [5.74, 6) is 0.293. The van der Waals surface area contributed by atoms with Gasteiger partial charge in [0.1, 0.15) is 0 Å². The molecule has 0 aliphatic rings. The number of likely N-dealkylation sites (N-methyl/N-ethyl adjacent to an activating group) is 1. The molecule has 0 radical (unpaired) electrons. The van der Waals surface area contributed by atoms with Crippen molar-refractivity contribution >= 4 is 17.3 Å². The third kappa shape index (κ3) is 2.54. The second-order valence-corrected chi connectivity index (χ2v) is 4.68. The standard InChI is InChI=1S/C14H16N6/c1-19(8-4-11-2-6-16-7-3-11)12-5-9-20-13(10-12)17-14(15)18-20/h2-3,5-7,9-10H,4,8H2,1H3,(H2,15,18). The fourth-order valence-electron chi connectivity index (χ4n) is 2.10. The molecule has 0 atom stereocenters. The monoisotopic (exact) mass is 268 g/mol. The smallest absolute Gasteiger partial charge is 0.240 e. The molecule has 0 aliphatic heterocycles. The molecule has 3 heterocycles. The Labute approximate surface area is 116 Å². The first-order valence-corrected chi connectivity index (χ1v) is 6.44. The van der Waals surface area contributed by atoms with E-state index < -0.39 is 0 Å². The van der Waals surface area contributed by atoms with Crippen LogP contribution in [-0.2, 0) is 6.42 Å². The van der Waals surface area contributed by atoms with Crippen LogP contribution in [-0.4, -0.2) is 33.2 Å². The maximum absolute atomic E-state index is 5.59. The van der Waals surface area contributed by atoms with Gasteiger partial charge in [-0.15, -0.1) is 5.10 Å². The molecule has 2 N–H and O–H groups in total. The normalized spacial score (nSPS) is 10.8. The van der Waals surface area contributed by atoms with E-state index in [0.717, 1.165) is 24.3 Å². The van der Waals surface area contributed by atoms with Crippen LogP contribution in [0, 0.1) is 0 Å². The summed E-state index contributed by atoms with van der Waals surface area (Å²) >= 11 is 0. The second-order valence-electron chi connectivity index (χ2n) is 4.68. The zero-order valence-electron chi connectivity index (χ0n) is 11.3. The van der Waals surface area contributed by atoms with Crippen LogP contribution >= 0.6 is 0 Å². The van der Waals surface area contributed by atoms with Crippen molar-refractivity contribution in [3.8, 4) is 0 Å². The van der Waals surface area contributed by atoms with Crippen molar-refractivity contribution in [3.05, 3.63) is 48.4 Å². The fourth-order valence-corrected chi connectivity index (χ4v) is 2.10. The predicted octanol–water partition coefficient (Wildman–Crippen LogP) is 1.39. The number of fused-ring (bicyclic) bond motifs is 1. The van der Waals surface area contributed by atoms with Crippen molar-refractivity contribution < 1.29 is 0 Å². The number of anilines is 2. The molecular formula is C14H16N6. The molecule has 6 heteroatoms. The van der Waals surface area contributed by atoms with Gasteiger partial charge in [0.05, 0.1) is 0 Å². The van der Waals surface area contributed by atoms with Crippen LogP contribution in [0.4, 0.5) is 11.6 Å². The molecule has 3 aromatic heterocycles. The maximum atomic E-state index is 5.59. The lowest BCUT2D eigenvalue weighted by molar-refractivity contribution is 0.870. The largest absolute Gasteiger partial charge is 0.374 e. The third-order valence-electron chi connectivity index (χ3n) is 3.26. The predicted molar refractivity (Wildman–Crippen MR) is 78.6 cm³/mol. The highest BCUT2D eigenvalue weighted by molar-refractivity contribution is 5.56. The van der Waals surface area contributed by atoms with E-state index in [1.165, 1.54) is 5.56 Å². The molecule has 0 aromatic carbocycles. The fraction of sp³-hybridized carbons (Fsp3) is 0.214. The molecule has 102 valence electrons. The second kappa shape index (κ2) is 5.16. The number of hydrogen-bond acceptors (Lipinski definition) is 5. The zero-order valence-corrected chi connectivity index (χ0v) is 11.3. The molecule has 0 saturated heterocycles. The van der Waals surface area contributed by atoms with Gasteiger partial charge in [-0.25, -0.2) is 4.52 Å². The molecule has 0 fully saturated rings. The Kier molecular flexibility index (Phi) is 3.20. The van der Waals surface area contributed by atoms with E-state index in [2.05, 4.69) is 27.0 Å². The van der Waals surface area contributed by atoms with E-state index in [-0.39, 0.29) is 0 Å². The summed E-state index contributed by atoms with van der Waals surface area (Å²) in [6.45, 7) is 0.920. The van der Waals surface area contributed by atoms with Gasteiger partial charge in [0, 0.05) is 43.9 Å².